The van der Waals surface area contributed by atoms with E-state index in [0.717, 1.165) is 23.6 Å². The predicted molar refractivity (Wildman–Crippen MR) is 85.1 cm³/mol. The van der Waals surface area contributed by atoms with E-state index in [9.17, 15) is 0 Å². The average molecular weight is 285 g/mol. The fourth-order valence-corrected chi connectivity index (χ4v) is 3.35. The van der Waals surface area contributed by atoms with E-state index in [1.165, 1.54) is 21.7 Å². The van der Waals surface area contributed by atoms with E-state index in [-0.39, 0.29) is 0 Å². The van der Waals surface area contributed by atoms with Crippen molar-refractivity contribution in [2.45, 2.75) is 26.9 Å². The standard InChI is InChI=1S/C16H19N3S/c1-11-8-13(12(2)19(11)3)9-17-10-16-18-14-6-4-5-7-15(14)20-16/h4-8,17H,9-10H2,1-3H3. The van der Waals surface area contributed by atoms with Crippen molar-refractivity contribution in [3.63, 3.8) is 0 Å². The molecule has 4 heteroatoms. The van der Waals surface area contributed by atoms with Crippen LogP contribution in [0.15, 0.2) is 30.3 Å². The zero-order valence-electron chi connectivity index (χ0n) is 12.1. The molecule has 0 aliphatic rings. The van der Waals surface area contributed by atoms with Crippen LogP contribution in [-0.4, -0.2) is 9.55 Å². The van der Waals surface area contributed by atoms with E-state index < -0.39 is 0 Å². The van der Waals surface area contributed by atoms with Gasteiger partial charge in [-0.2, -0.15) is 0 Å². The Kier molecular flexibility index (Phi) is 3.59. The van der Waals surface area contributed by atoms with Crippen LogP contribution in [0.25, 0.3) is 10.2 Å². The van der Waals surface area contributed by atoms with Gasteiger partial charge in [-0.25, -0.2) is 4.98 Å². The number of fused-ring (bicyclic) bond motifs is 1. The number of thiazole rings is 1. The van der Waals surface area contributed by atoms with Gasteiger partial charge in [0.05, 0.1) is 10.2 Å². The van der Waals surface area contributed by atoms with Crippen molar-refractivity contribution in [2.75, 3.05) is 0 Å². The largest absolute Gasteiger partial charge is 0.352 e. The minimum Gasteiger partial charge on any atom is -0.352 e. The van der Waals surface area contributed by atoms with Gasteiger partial charge in [0, 0.05) is 31.5 Å². The van der Waals surface area contributed by atoms with Gasteiger partial charge in [-0.15, -0.1) is 11.3 Å². The summed E-state index contributed by atoms with van der Waals surface area (Å²) in [4.78, 5) is 4.64. The number of hydrogen-bond donors (Lipinski definition) is 1. The smallest absolute Gasteiger partial charge is 0.108 e. The quantitative estimate of drug-likeness (QED) is 0.794. The van der Waals surface area contributed by atoms with Crippen molar-refractivity contribution in [1.29, 1.82) is 0 Å². The third-order valence-corrected chi connectivity index (χ3v) is 4.85. The molecule has 1 aromatic carbocycles. The topological polar surface area (TPSA) is 29.9 Å². The van der Waals surface area contributed by atoms with Gasteiger partial charge in [0.15, 0.2) is 0 Å². The highest BCUT2D eigenvalue weighted by Crippen LogP contribution is 2.21. The molecule has 0 spiro atoms. The number of nitrogens with zero attached hydrogens (tertiary/aromatic N) is 2. The first-order chi connectivity index (χ1) is 9.65. The molecule has 3 aromatic rings. The number of nitrogens with one attached hydrogen (secondary N) is 1. The lowest BCUT2D eigenvalue weighted by atomic mass is 10.2. The maximum atomic E-state index is 4.64. The van der Waals surface area contributed by atoms with Gasteiger partial charge >= 0.3 is 0 Å². The van der Waals surface area contributed by atoms with E-state index in [1.54, 1.807) is 11.3 Å². The molecule has 0 saturated heterocycles. The first-order valence-corrected chi connectivity index (χ1v) is 7.64. The Bertz CT molecular complexity index is 706. The Morgan fingerprint density at radius 3 is 2.70 bits per heavy atom. The second-order valence-corrected chi connectivity index (χ2v) is 6.25. The summed E-state index contributed by atoms with van der Waals surface area (Å²) in [6.45, 7) is 6.03. The normalized spacial score (nSPS) is 11.3. The van der Waals surface area contributed by atoms with E-state index in [2.05, 4.69) is 60.0 Å². The molecule has 2 aromatic heterocycles. The third-order valence-electron chi connectivity index (χ3n) is 3.81. The molecule has 3 nitrogen and oxygen atoms in total. The molecule has 0 saturated carbocycles. The number of rotatable bonds is 4. The fourth-order valence-electron chi connectivity index (χ4n) is 2.41. The number of para-hydroxylation sites is 1. The van der Waals surface area contributed by atoms with E-state index in [1.807, 2.05) is 6.07 Å². The van der Waals surface area contributed by atoms with Crippen LogP contribution < -0.4 is 5.32 Å². The van der Waals surface area contributed by atoms with Gasteiger partial charge in [-0.3, -0.25) is 0 Å². The summed E-state index contributed by atoms with van der Waals surface area (Å²) < 4.78 is 3.49. The molecule has 0 radical (unpaired) electrons. The molecule has 0 atom stereocenters. The molecule has 0 fully saturated rings. The number of aromatic nitrogens is 2. The molecule has 1 N–H and O–H groups in total. The zero-order valence-corrected chi connectivity index (χ0v) is 12.9. The van der Waals surface area contributed by atoms with Crippen molar-refractivity contribution in [3.8, 4) is 0 Å². The van der Waals surface area contributed by atoms with Gasteiger partial charge in [0.2, 0.25) is 0 Å². The Labute approximate surface area is 123 Å². The molecular weight excluding hydrogens is 266 g/mol. The van der Waals surface area contributed by atoms with Gasteiger partial charge in [-0.05, 0) is 37.6 Å². The molecule has 0 aliphatic carbocycles. The summed E-state index contributed by atoms with van der Waals surface area (Å²) >= 11 is 1.77. The van der Waals surface area contributed by atoms with Crippen LogP contribution in [0.1, 0.15) is 22.0 Å². The average Bonchev–Trinajstić information content (AvgIpc) is 2.96. The monoisotopic (exact) mass is 285 g/mol. The number of benzene rings is 1. The highest BCUT2D eigenvalue weighted by atomic mass is 32.1. The molecule has 0 unspecified atom stereocenters. The first kappa shape index (κ1) is 13.3. The minimum atomic E-state index is 0.826. The van der Waals surface area contributed by atoms with Crippen molar-refractivity contribution in [3.05, 3.63) is 52.3 Å². The molecule has 104 valence electrons. The van der Waals surface area contributed by atoms with Crippen LogP contribution in [0.5, 0.6) is 0 Å². The van der Waals surface area contributed by atoms with Crippen LogP contribution in [0.2, 0.25) is 0 Å². The molecule has 3 rings (SSSR count). The summed E-state index contributed by atoms with van der Waals surface area (Å²) in [6, 6.07) is 10.5. The summed E-state index contributed by atoms with van der Waals surface area (Å²) in [5.74, 6) is 0. The second kappa shape index (κ2) is 5.38. The van der Waals surface area contributed by atoms with Crippen LogP contribution in [0.4, 0.5) is 0 Å². The molecule has 2 heterocycles. The Morgan fingerprint density at radius 1 is 1.20 bits per heavy atom. The predicted octanol–water partition coefficient (Wildman–Crippen LogP) is 3.54. The maximum Gasteiger partial charge on any atom is 0.108 e. The Morgan fingerprint density at radius 2 is 2.00 bits per heavy atom. The molecule has 0 bridgehead atoms. The SMILES string of the molecule is Cc1cc(CNCc2nc3ccccc3s2)c(C)n1C. The van der Waals surface area contributed by atoms with Crippen LogP contribution >= 0.6 is 11.3 Å². The Hall–Kier alpha value is -1.65. The van der Waals surface area contributed by atoms with E-state index >= 15 is 0 Å². The van der Waals surface area contributed by atoms with Gasteiger partial charge in [0.25, 0.3) is 0 Å². The van der Waals surface area contributed by atoms with Crippen molar-refractivity contribution in [2.24, 2.45) is 7.05 Å². The molecule has 20 heavy (non-hydrogen) atoms. The van der Waals surface area contributed by atoms with E-state index in [4.69, 9.17) is 0 Å². The molecule has 0 aliphatic heterocycles. The summed E-state index contributed by atoms with van der Waals surface area (Å²) in [5, 5.41) is 4.64. The lowest BCUT2D eigenvalue weighted by molar-refractivity contribution is 0.685. The highest BCUT2D eigenvalue weighted by molar-refractivity contribution is 7.18. The van der Waals surface area contributed by atoms with Crippen LogP contribution in [0, 0.1) is 13.8 Å². The number of hydrogen-bond acceptors (Lipinski definition) is 3. The highest BCUT2D eigenvalue weighted by Gasteiger charge is 2.06. The van der Waals surface area contributed by atoms with Gasteiger partial charge in [0.1, 0.15) is 5.01 Å². The Balaban J connectivity index is 1.66. The van der Waals surface area contributed by atoms with Crippen molar-refractivity contribution >= 4 is 21.6 Å². The maximum absolute atomic E-state index is 4.64. The van der Waals surface area contributed by atoms with E-state index in [0.29, 0.717) is 0 Å². The van der Waals surface area contributed by atoms with Gasteiger partial charge < -0.3 is 9.88 Å². The van der Waals surface area contributed by atoms with Crippen molar-refractivity contribution in [1.82, 2.24) is 14.9 Å². The fraction of sp³-hybridized carbons (Fsp3) is 0.312. The van der Waals surface area contributed by atoms with Crippen molar-refractivity contribution < 1.29 is 0 Å². The van der Waals surface area contributed by atoms with Crippen LogP contribution in [-0.2, 0) is 20.1 Å². The van der Waals surface area contributed by atoms with Gasteiger partial charge in [-0.1, -0.05) is 12.1 Å². The minimum absolute atomic E-state index is 0.826. The van der Waals surface area contributed by atoms with Crippen LogP contribution in [0.3, 0.4) is 0 Å². The summed E-state index contributed by atoms with van der Waals surface area (Å²) in [7, 11) is 2.11. The number of aryl methyl sites for hydroxylation is 1. The molecule has 0 amide bonds. The second-order valence-electron chi connectivity index (χ2n) is 5.13. The summed E-state index contributed by atoms with van der Waals surface area (Å²) in [6.07, 6.45) is 0. The lowest BCUT2D eigenvalue weighted by Gasteiger charge is -2.03. The summed E-state index contributed by atoms with van der Waals surface area (Å²) in [5.41, 5.74) is 5.10. The molecular formula is C16H19N3S. The third kappa shape index (κ3) is 2.49. The zero-order chi connectivity index (χ0) is 14.1. The first-order valence-electron chi connectivity index (χ1n) is 6.82. The lowest BCUT2D eigenvalue weighted by Crippen LogP contribution is -2.13.